The fourth-order valence-corrected chi connectivity index (χ4v) is 3.26. The number of rotatable bonds is 8. The summed E-state index contributed by atoms with van der Waals surface area (Å²) < 4.78 is 5.89. The van der Waals surface area contributed by atoms with Gasteiger partial charge in [-0.1, -0.05) is 0 Å². The normalized spacial score (nSPS) is 17.3. The van der Waals surface area contributed by atoms with Gasteiger partial charge >= 0.3 is 0 Å². The highest BCUT2D eigenvalue weighted by atomic mass is 32.2. The monoisotopic (exact) mass is 395 g/mol. The molecule has 0 bridgehead atoms. The van der Waals surface area contributed by atoms with Gasteiger partial charge in [0.25, 0.3) is 0 Å². The molecule has 0 amide bonds. The third kappa shape index (κ3) is 7.37. The van der Waals surface area contributed by atoms with Gasteiger partial charge in [0.1, 0.15) is 5.76 Å². The second-order valence-electron chi connectivity index (χ2n) is 8.01. The quantitative estimate of drug-likeness (QED) is 0.520. The Balaban J connectivity index is 1.75. The Kier molecular flexibility index (Phi) is 8.48. The lowest BCUT2D eigenvalue weighted by atomic mass is 9.97. The minimum Gasteiger partial charge on any atom is -0.444 e. The van der Waals surface area contributed by atoms with Crippen LogP contribution in [0.2, 0.25) is 0 Å². The Bertz CT molecular complexity index is 586. The molecular weight excluding hydrogens is 358 g/mol. The molecular formula is C20H37N5OS. The maximum absolute atomic E-state index is 5.72. The van der Waals surface area contributed by atoms with Crippen LogP contribution in [0.5, 0.6) is 0 Å². The third-order valence-electron chi connectivity index (χ3n) is 5.21. The first-order chi connectivity index (χ1) is 12.8. The molecule has 2 N–H and O–H groups in total. The minimum atomic E-state index is 0.171. The lowest BCUT2D eigenvalue weighted by Gasteiger charge is -2.31. The van der Waals surface area contributed by atoms with Crippen LogP contribution in [0.15, 0.2) is 9.41 Å². The molecule has 2 heterocycles. The number of nitrogens with one attached hydrogen (secondary N) is 2. The van der Waals surface area contributed by atoms with Crippen molar-refractivity contribution in [2.75, 3.05) is 39.0 Å². The molecule has 0 spiro atoms. The number of oxazole rings is 1. The highest BCUT2D eigenvalue weighted by Crippen LogP contribution is 2.21. The van der Waals surface area contributed by atoms with E-state index in [1.54, 1.807) is 0 Å². The summed E-state index contributed by atoms with van der Waals surface area (Å²) in [5.74, 6) is 3.41. The number of aromatic nitrogens is 1. The van der Waals surface area contributed by atoms with E-state index in [1.165, 1.54) is 12.8 Å². The van der Waals surface area contributed by atoms with Gasteiger partial charge in [-0.2, -0.15) is 11.8 Å². The van der Waals surface area contributed by atoms with E-state index in [0.717, 1.165) is 62.6 Å². The van der Waals surface area contributed by atoms with E-state index in [4.69, 9.17) is 9.41 Å². The average molecular weight is 396 g/mol. The Morgan fingerprint density at radius 3 is 2.56 bits per heavy atom. The number of hydrogen-bond donors (Lipinski definition) is 2. The molecule has 0 atom stereocenters. The number of piperidine rings is 1. The summed E-state index contributed by atoms with van der Waals surface area (Å²) in [7, 11) is 0. The highest BCUT2D eigenvalue weighted by Gasteiger charge is 2.21. The van der Waals surface area contributed by atoms with Gasteiger partial charge in [0.2, 0.25) is 5.89 Å². The molecule has 27 heavy (non-hydrogen) atoms. The van der Waals surface area contributed by atoms with Gasteiger partial charge in [-0.15, -0.1) is 0 Å². The smallest absolute Gasteiger partial charge is 0.208 e. The maximum atomic E-state index is 5.72. The van der Waals surface area contributed by atoms with Crippen LogP contribution >= 0.6 is 11.8 Å². The molecule has 1 aliphatic rings. The van der Waals surface area contributed by atoms with Crippen LogP contribution in [0, 0.1) is 19.8 Å². The van der Waals surface area contributed by atoms with E-state index in [9.17, 15) is 0 Å². The van der Waals surface area contributed by atoms with Crippen LogP contribution in [0.1, 0.15) is 51.0 Å². The van der Waals surface area contributed by atoms with Crippen LogP contribution < -0.4 is 10.6 Å². The molecule has 1 saturated heterocycles. The second kappa shape index (κ2) is 10.4. The van der Waals surface area contributed by atoms with E-state index in [2.05, 4.69) is 47.5 Å². The van der Waals surface area contributed by atoms with Gasteiger partial charge in [0.15, 0.2) is 5.96 Å². The summed E-state index contributed by atoms with van der Waals surface area (Å²) in [6.45, 7) is 16.3. The highest BCUT2D eigenvalue weighted by molar-refractivity contribution is 7.99. The lowest BCUT2D eigenvalue weighted by Crippen LogP contribution is -2.43. The zero-order valence-electron chi connectivity index (χ0n) is 17.9. The molecule has 1 aromatic heterocycles. The number of guanidine groups is 1. The Morgan fingerprint density at radius 2 is 2.00 bits per heavy atom. The molecule has 0 aromatic carbocycles. The molecule has 0 unspecified atom stereocenters. The zero-order valence-corrected chi connectivity index (χ0v) is 18.7. The van der Waals surface area contributed by atoms with E-state index >= 15 is 0 Å². The number of likely N-dealkylation sites (tertiary alicyclic amines) is 1. The molecule has 1 aromatic rings. The van der Waals surface area contributed by atoms with Crippen molar-refractivity contribution in [3.05, 3.63) is 17.3 Å². The van der Waals surface area contributed by atoms with Gasteiger partial charge in [0.05, 0.1) is 18.8 Å². The van der Waals surface area contributed by atoms with Gasteiger partial charge in [0, 0.05) is 17.8 Å². The fourth-order valence-electron chi connectivity index (χ4n) is 3.06. The van der Waals surface area contributed by atoms with Crippen molar-refractivity contribution >= 4 is 17.7 Å². The fraction of sp³-hybridized carbons (Fsp3) is 0.800. The lowest BCUT2D eigenvalue weighted by molar-refractivity contribution is 0.164. The second-order valence-corrected chi connectivity index (χ2v) is 9.52. The predicted octanol–water partition coefficient (Wildman–Crippen LogP) is 3.20. The molecule has 6 nitrogen and oxygen atoms in total. The molecule has 0 radical (unpaired) electrons. The Hall–Kier alpha value is -1.21. The molecule has 1 aliphatic heterocycles. The molecule has 1 fully saturated rings. The van der Waals surface area contributed by atoms with Gasteiger partial charge < -0.3 is 15.1 Å². The van der Waals surface area contributed by atoms with Crippen LogP contribution in [-0.2, 0) is 6.54 Å². The van der Waals surface area contributed by atoms with E-state index in [1.807, 2.05) is 25.6 Å². The molecule has 0 aliphatic carbocycles. The first-order valence-electron chi connectivity index (χ1n) is 10.1. The Labute approximate surface area is 169 Å². The van der Waals surface area contributed by atoms with E-state index < -0.39 is 0 Å². The standard InChI is InChI=1S/C20H37N5OS/c1-7-21-19(23-14-20(4,5)27-6)22-12-17-8-10-25(11-9-17)13-18-24-15(2)16(3)26-18/h17H,7-14H2,1-6H3,(H2,21,22,23). The zero-order chi connectivity index (χ0) is 19.9. The van der Waals surface area contributed by atoms with Crippen molar-refractivity contribution in [1.29, 1.82) is 0 Å². The van der Waals surface area contributed by atoms with Crippen molar-refractivity contribution in [3.8, 4) is 0 Å². The van der Waals surface area contributed by atoms with E-state index in [0.29, 0.717) is 5.92 Å². The molecule has 154 valence electrons. The van der Waals surface area contributed by atoms with Crippen LogP contribution in [0.4, 0.5) is 0 Å². The summed E-state index contributed by atoms with van der Waals surface area (Å²) >= 11 is 1.86. The van der Waals surface area contributed by atoms with Crippen molar-refractivity contribution in [2.45, 2.75) is 58.8 Å². The number of aliphatic imine (C=N–C) groups is 1. The predicted molar refractivity (Wildman–Crippen MR) is 116 cm³/mol. The average Bonchev–Trinajstić information content (AvgIpc) is 2.96. The summed E-state index contributed by atoms with van der Waals surface area (Å²) in [4.78, 5) is 11.7. The number of aryl methyl sites for hydroxylation is 2. The van der Waals surface area contributed by atoms with Gasteiger partial charge in [-0.3, -0.25) is 9.89 Å². The summed E-state index contributed by atoms with van der Waals surface area (Å²) in [6.07, 6.45) is 4.54. The Morgan fingerprint density at radius 1 is 1.30 bits per heavy atom. The third-order valence-corrected chi connectivity index (χ3v) is 6.45. The number of nitrogens with zero attached hydrogens (tertiary/aromatic N) is 3. The summed E-state index contributed by atoms with van der Waals surface area (Å²) in [6, 6.07) is 0. The van der Waals surface area contributed by atoms with Crippen molar-refractivity contribution < 1.29 is 4.42 Å². The number of hydrogen-bond acceptors (Lipinski definition) is 5. The van der Waals surface area contributed by atoms with Gasteiger partial charge in [-0.05, 0) is 72.7 Å². The molecule has 2 rings (SSSR count). The van der Waals surface area contributed by atoms with Gasteiger partial charge in [-0.25, -0.2) is 4.98 Å². The van der Waals surface area contributed by atoms with Crippen LogP contribution in [-0.4, -0.2) is 59.6 Å². The topological polar surface area (TPSA) is 65.7 Å². The summed E-state index contributed by atoms with van der Waals surface area (Å²) in [5.41, 5.74) is 1.00. The van der Waals surface area contributed by atoms with Crippen molar-refractivity contribution in [3.63, 3.8) is 0 Å². The molecule has 7 heteroatoms. The largest absolute Gasteiger partial charge is 0.444 e. The van der Waals surface area contributed by atoms with Crippen molar-refractivity contribution in [2.24, 2.45) is 10.9 Å². The first kappa shape index (κ1) is 22.1. The van der Waals surface area contributed by atoms with E-state index in [-0.39, 0.29) is 4.75 Å². The van der Waals surface area contributed by atoms with Crippen LogP contribution in [0.3, 0.4) is 0 Å². The number of thioether (sulfide) groups is 1. The minimum absolute atomic E-state index is 0.171. The maximum Gasteiger partial charge on any atom is 0.208 e. The first-order valence-corrected chi connectivity index (χ1v) is 11.3. The van der Waals surface area contributed by atoms with Crippen molar-refractivity contribution in [1.82, 2.24) is 20.5 Å². The summed E-state index contributed by atoms with van der Waals surface area (Å²) in [5, 5.41) is 6.91. The van der Waals surface area contributed by atoms with Crippen LogP contribution in [0.25, 0.3) is 0 Å². The molecule has 0 saturated carbocycles. The SMILES string of the molecule is CCNC(=NCC(C)(C)SC)NCC1CCN(Cc2nc(C)c(C)o2)CC1.